The lowest BCUT2D eigenvalue weighted by Crippen LogP contribution is -2.41. The van der Waals surface area contributed by atoms with Gasteiger partial charge in [0.1, 0.15) is 5.82 Å². The van der Waals surface area contributed by atoms with E-state index in [4.69, 9.17) is 4.65 Å². The van der Waals surface area contributed by atoms with E-state index in [0.717, 1.165) is 16.5 Å². The van der Waals surface area contributed by atoms with E-state index in [0.29, 0.717) is 6.61 Å². The zero-order valence-corrected chi connectivity index (χ0v) is 9.61. The summed E-state index contributed by atoms with van der Waals surface area (Å²) < 4.78 is 19.0. The molecule has 1 heterocycles. The van der Waals surface area contributed by atoms with Crippen LogP contribution in [0.25, 0.3) is 0 Å². The minimum atomic E-state index is -0.202. The number of halogens is 1. The van der Waals surface area contributed by atoms with E-state index in [-0.39, 0.29) is 12.7 Å². The molecular weight excluding hydrogens is 214 g/mol. The zero-order valence-electron chi connectivity index (χ0n) is 9.61. The first kappa shape index (κ1) is 10.5. The molecule has 0 aliphatic carbocycles. The van der Waals surface area contributed by atoms with Gasteiger partial charge in [0.15, 0.2) is 0 Å². The standard InChI is InChI=1S/C14H12BFO/c1-10-2-5-12(6-3-10)15-14-8-13(16)7-4-11(14)9-17-15/h2-8H,9H2,1H3. The minimum absolute atomic E-state index is 0.124. The van der Waals surface area contributed by atoms with Gasteiger partial charge in [-0.2, -0.15) is 0 Å². The average Bonchev–Trinajstić information content (AvgIpc) is 2.73. The second-order valence-electron chi connectivity index (χ2n) is 4.44. The summed E-state index contributed by atoms with van der Waals surface area (Å²) in [7, 11) is 0. The highest BCUT2D eigenvalue weighted by Gasteiger charge is 2.30. The van der Waals surface area contributed by atoms with Crippen LogP contribution in [0.15, 0.2) is 42.5 Å². The lowest BCUT2D eigenvalue weighted by atomic mass is 9.56. The van der Waals surface area contributed by atoms with Gasteiger partial charge in [-0.25, -0.2) is 4.39 Å². The Morgan fingerprint density at radius 1 is 1.12 bits per heavy atom. The van der Waals surface area contributed by atoms with Crippen LogP contribution in [0.1, 0.15) is 11.1 Å². The van der Waals surface area contributed by atoms with Crippen LogP contribution in [0.4, 0.5) is 4.39 Å². The van der Waals surface area contributed by atoms with Gasteiger partial charge >= 0.3 is 6.92 Å². The van der Waals surface area contributed by atoms with Crippen molar-refractivity contribution in [2.24, 2.45) is 0 Å². The van der Waals surface area contributed by atoms with Crippen molar-refractivity contribution in [1.82, 2.24) is 0 Å². The number of fused-ring (bicyclic) bond motifs is 1. The maximum absolute atomic E-state index is 13.3. The van der Waals surface area contributed by atoms with Crippen LogP contribution in [-0.4, -0.2) is 6.92 Å². The van der Waals surface area contributed by atoms with Crippen molar-refractivity contribution < 1.29 is 9.04 Å². The molecular formula is C14H12BFO. The molecule has 2 aromatic rings. The maximum atomic E-state index is 13.3. The molecule has 0 saturated heterocycles. The number of hydrogen-bond donors (Lipinski definition) is 0. The Kier molecular flexibility index (Phi) is 2.48. The highest BCUT2D eigenvalue weighted by Crippen LogP contribution is 2.12. The number of aryl methyl sites for hydroxylation is 1. The smallest absolute Gasteiger partial charge is 0.362 e. The summed E-state index contributed by atoms with van der Waals surface area (Å²) in [5.74, 6) is -0.202. The van der Waals surface area contributed by atoms with Crippen molar-refractivity contribution in [3.63, 3.8) is 0 Å². The first-order valence-corrected chi connectivity index (χ1v) is 5.70. The lowest BCUT2D eigenvalue weighted by molar-refractivity contribution is 0.337. The van der Waals surface area contributed by atoms with Crippen LogP contribution in [0, 0.1) is 12.7 Å². The fourth-order valence-corrected chi connectivity index (χ4v) is 2.22. The quantitative estimate of drug-likeness (QED) is 0.673. The normalized spacial score (nSPS) is 13.9. The molecule has 2 aromatic carbocycles. The van der Waals surface area contributed by atoms with Crippen molar-refractivity contribution in [1.29, 1.82) is 0 Å². The molecule has 84 valence electrons. The van der Waals surface area contributed by atoms with E-state index in [1.165, 1.54) is 11.6 Å². The molecule has 3 rings (SSSR count). The highest BCUT2D eigenvalue weighted by molar-refractivity contribution is 6.81. The molecule has 3 heteroatoms. The second-order valence-corrected chi connectivity index (χ2v) is 4.44. The Bertz CT molecular complexity index is 551. The van der Waals surface area contributed by atoms with Crippen molar-refractivity contribution in [3.05, 3.63) is 59.4 Å². The van der Waals surface area contributed by atoms with Crippen LogP contribution in [0.3, 0.4) is 0 Å². The molecule has 0 amide bonds. The van der Waals surface area contributed by atoms with Gasteiger partial charge in [-0.1, -0.05) is 35.9 Å². The highest BCUT2D eigenvalue weighted by atomic mass is 19.1. The largest absolute Gasteiger partial charge is 0.423 e. The zero-order chi connectivity index (χ0) is 11.8. The monoisotopic (exact) mass is 226 g/mol. The Balaban J connectivity index is 2.03. The van der Waals surface area contributed by atoms with Gasteiger partial charge in [-0.3, -0.25) is 0 Å². The van der Waals surface area contributed by atoms with Crippen LogP contribution in [0.2, 0.25) is 0 Å². The first-order chi connectivity index (χ1) is 8.24. The summed E-state index contributed by atoms with van der Waals surface area (Å²) >= 11 is 0. The Morgan fingerprint density at radius 2 is 1.88 bits per heavy atom. The third-order valence-corrected chi connectivity index (χ3v) is 3.18. The van der Waals surface area contributed by atoms with Crippen molar-refractivity contribution >= 4 is 17.8 Å². The molecule has 0 spiro atoms. The van der Waals surface area contributed by atoms with Gasteiger partial charge in [-0.05, 0) is 35.5 Å². The summed E-state index contributed by atoms with van der Waals surface area (Å²) in [6.45, 7) is 2.49. The Labute approximate surface area is 100 Å². The molecule has 0 unspecified atom stereocenters. The third kappa shape index (κ3) is 1.87. The van der Waals surface area contributed by atoms with Gasteiger partial charge in [0, 0.05) is 0 Å². The van der Waals surface area contributed by atoms with Gasteiger partial charge in [-0.15, -0.1) is 0 Å². The SMILES string of the molecule is Cc1ccc(B2OCc3ccc(F)cc32)cc1. The number of benzene rings is 2. The van der Waals surface area contributed by atoms with Gasteiger partial charge < -0.3 is 4.65 Å². The molecule has 0 N–H and O–H groups in total. The summed E-state index contributed by atoms with van der Waals surface area (Å²) in [4.78, 5) is 0. The Morgan fingerprint density at radius 3 is 2.65 bits per heavy atom. The van der Waals surface area contributed by atoms with Crippen molar-refractivity contribution in [2.75, 3.05) is 0 Å². The second kappa shape index (κ2) is 4.00. The lowest BCUT2D eigenvalue weighted by Gasteiger charge is -2.07. The molecule has 1 aliphatic heterocycles. The van der Waals surface area contributed by atoms with Crippen molar-refractivity contribution in [3.8, 4) is 0 Å². The van der Waals surface area contributed by atoms with Gasteiger partial charge in [0.25, 0.3) is 0 Å². The molecule has 0 bridgehead atoms. The summed E-state index contributed by atoms with van der Waals surface area (Å²) in [6.07, 6.45) is 0. The van der Waals surface area contributed by atoms with E-state index < -0.39 is 0 Å². The molecule has 17 heavy (non-hydrogen) atoms. The predicted octanol–water partition coefficient (Wildman–Crippen LogP) is 1.77. The number of rotatable bonds is 1. The van der Waals surface area contributed by atoms with Crippen LogP contribution >= 0.6 is 0 Å². The molecule has 0 fully saturated rings. The topological polar surface area (TPSA) is 9.23 Å². The van der Waals surface area contributed by atoms with Gasteiger partial charge in [0.2, 0.25) is 0 Å². The van der Waals surface area contributed by atoms with Crippen LogP contribution in [-0.2, 0) is 11.3 Å². The first-order valence-electron chi connectivity index (χ1n) is 5.70. The Hall–Kier alpha value is -1.61. The van der Waals surface area contributed by atoms with Crippen LogP contribution < -0.4 is 10.9 Å². The minimum Gasteiger partial charge on any atom is -0.423 e. The summed E-state index contributed by atoms with van der Waals surface area (Å²) in [6, 6.07) is 13.1. The molecule has 0 saturated carbocycles. The van der Waals surface area contributed by atoms with E-state index in [1.54, 1.807) is 12.1 Å². The fraction of sp³-hybridized carbons (Fsp3) is 0.143. The van der Waals surface area contributed by atoms with E-state index >= 15 is 0 Å². The third-order valence-electron chi connectivity index (χ3n) is 3.18. The average molecular weight is 226 g/mol. The molecule has 0 aromatic heterocycles. The van der Waals surface area contributed by atoms with Gasteiger partial charge in [0.05, 0.1) is 6.61 Å². The van der Waals surface area contributed by atoms with E-state index in [2.05, 4.69) is 12.1 Å². The number of hydrogen-bond acceptors (Lipinski definition) is 1. The maximum Gasteiger partial charge on any atom is 0.362 e. The van der Waals surface area contributed by atoms with E-state index in [1.807, 2.05) is 19.1 Å². The fourth-order valence-electron chi connectivity index (χ4n) is 2.22. The summed E-state index contributed by atoms with van der Waals surface area (Å²) in [5.41, 5.74) is 4.33. The molecule has 0 radical (unpaired) electrons. The van der Waals surface area contributed by atoms with E-state index in [9.17, 15) is 4.39 Å². The van der Waals surface area contributed by atoms with Crippen LogP contribution in [0.5, 0.6) is 0 Å². The molecule has 1 nitrogen and oxygen atoms in total. The molecule has 0 atom stereocenters. The predicted molar refractivity (Wildman–Crippen MR) is 67.4 cm³/mol. The summed E-state index contributed by atoms with van der Waals surface area (Å²) in [5, 5.41) is 0. The van der Waals surface area contributed by atoms with Crippen molar-refractivity contribution in [2.45, 2.75) is 13.5 Å². The molecule has 1 aliphatic rings.